The number of carbonyl (C=O) groups excluding carboxylic acids is 4. The van der Waals surface area contributed by atoms with Crippen molar-refractivity contribution in [2.45, 2.75) is 93.3 Å². The van der Waals surface area contributed by atoms with Gasteiger partial charge in [0.1, 0.15) is 17.9 Å². The predicted molar refractivity (Wildman–Crippen MR) is 144 cm³/mol. The fourth-order valence-electron chi connectivity index (χ4n) is 4.01. The predicted octanol–water partition coefficient (Wildman–Crippen LogP) is 4.01. The summed E-state index contributed by atoms with van der Waals surface area (Å²) in [5.41, 5.74) is -2.41. The fourth-order valence-corrected chi connectivity index (χ4v) is 6.31. The molecule has 2 N–H and O–H groups in total. The van der Waals surface area contributed by atoms with Gasteiger partial charge in [-0.25, -0.2) is 4.79 Å². The van der Waals surface area contributed by atoms with Gasteiger partial charge in [-0.2, -0.15) is 0 Å². The number of hydrogen-bond acceptors (Lipinski definition) is 9. The number of esters is 2. The van der Waals surface area contributed by atoms with E-state index in [4.69, 9.17) is 9.47 Å². The maximum absolute atomic E-state index is 13.2. The molecule has 0 fully saturated rings. The van der Waals surface area contributed by atoms with Crippen LogP contribution in [-0.4, -0.2) is 67.0 Å². The molecular formula is C25H46N2O6S2. The number of hydrogen-bond donors (Lipinski definition) is 2. The molecule has 0 aliphatic carbocycles. The first-order valence-corrected chi connectivity index (χ1v) is 14.2. The number of amides is 1. The number of ketones is 1. The van der Waals surface area contributed by atoms with E-state index in [2.05, 4.69) is 10.6 Å². The van der Waals surface area contributed by atoms with Crippen molar-refractivity contribution in [1.29, 1.82) is 0 Å². The number of ether oxygens (including phenoxy) is 2. The Morgan fingerprint density at radius 3 is 1.54 bits per heavy atom. The van der Waals surface area contributed by atoms with Crippen molar-refractivity contribution in [2.24, 2.45) is 16.2 Å². The third-order valence-electron chi connectivity index (χ3n) is 5.23. The van der Waals surface area contributed by atoms with Crippen molar-refractivity contribution in [3.05, 3.63) is 0 Å². The largest absolute Gasteiger partial charge is 0.468 e. The highest BCUT2D eigenvalue weighted by Crippen LogP contribution is 2.39. The van der Waals surface area contributed by atoms with Crippen LogP contribution in [0.15, 0.2) is 0 Å². The molecule has 8 nitrogen and oxygen atoms in total. The van der Waals surface area contributed by atoms with Gasteiger partial charge in [0.05, 0.1) is 14.2 Å². The lowest BCUT2D eigenvalue weighted by Crippen LogP contribution is -2.50. The number of Topliss-reactive ketones (excluding diaryl/α,β-unsaturated/α-hetero) is 1. The summed E-state index contributed by atoms with van der Waals surface area (Å²) in [6, 6.07) is -1.37. The summed E-state index contributed by atoms with van der Waals surface area (Å²) >= 11 is 0. The van der Waals surface area contributed by atoms with Gasteiger partial charge in [0.2, 0.25) is 5.91 Å². The quantitative estimate of drug-likeness (QED) is 0.206. The van der Waals surface area contributed by atoms with E-state index >= 15 is 0 Å². The first kappa shape index (κ1) is 33.7. The molecule has 0 bridgehead atoms. The first-order chi connectivity index (χ1) is 15.7. The van der Waals surface area contributed by atoms with Gasteiger partial charge in [-0.3, -0.25) is 19.7 Å². The van der Waals surface area contributed by atoms with E-state index in [1.807, 2.05) is 55.4 Å². The minimum absolute atomic E-state index is 0.0753. The van der Waals surface area contributed by atoms with Gasteiger partial charge >= 0.3 is 11.9 Å². The third kappa shape index (κ3) is 12.0. The Kier molecular flexibility index (Phi) is 12.9. The van der Waals surface area contributed by atoms with E-state index in [1.54, 1.807) is 13.8 Å². The van der Waals surface area contributed by atoms with Gasteiger partial charge < -0.3 is 14.8 Å². The van der Waals surface area contributed by atoms with Crippen LogP contribution in [0.5, 0.6) is 0 Å². The molecule has 204 valence electrons. The van der Waals surface area contributed by atoms with Crippen LogP contribution < -0.4 is 10.6 Å². The highest BCUT2D eigenvalue weighted by atomic mass is 33.1. The zero-order chi connectivity index (χ0) is 27.8. The fraction of sp³-hybridized carbons (Fsp3) is 0.840. The summed E-state index contributed by atoms with van der Waals surface area (Å²) in [7, 11) is 5.38. The Labute approximate surface area is 219 Å². The van der Waals surface area contributed by atoms with E-state index in [9.17, 15) is 19.2 Å². The van der Waals surface area contributed by atoms with Gasteiger partial charge in [0.15, 0.2) is 0 Å². The first-order valence-electron chi connectivity index (χ1n) is 11.7. The number of nitrogens with one attached hydrogen (secondary N) is 2. The van der Waals surface area contributed by atoms with Gasteiger partial charge in [0, 0.05) is 33.3 Å². The maximum atomic E-state index is 13.2. The minimum Gasteiger partial charge on any atom is -0.468 e. The molecule has 0 rings (SSSR count). The van der Waals surface area contributed by atoms with Crippen molar-refractivity contribution in [1.82, 2.24) is 10.6 Å². The topological polar surface area (TPSA) is 111 Å². The standard InChI is InChI=1S/C25H46N2O6S2/c1-22(2,3)20(30)24(7,8)15-25(9,10)21(31)26-16(18(28)32-11)13-34-35-14-17(19(29)33-12)27-23(4,5)6/h16-17,27H,13-15H2,1-12H3,(H,26,31). The molecule has 35 heavy (non-hydrogen) atoms. The Hall–Kier alpha value is -1.26. The van der Waals surface area contributed by atoms with Crippen LogP contribution in [0, 0.1) is 16.2 Å². The normalized spacial score (nSPS) is 14.6. The molecule has 0 heterocycles. The second-order valence-corrected chi connectivity index (χ2v) is 14.7. The molecule has 0 aliphatic heterocycles. The molecule has 0 aromatic heterocycles. The van der Waals surface area contributed by atoms with Crippen LogP contribution >= 0.6 is 21.6 Å². The van der Waals surface area contributed by atoms with Gasteiger partial charge in [0.25, 0.3) is 0 Å². The molecule has 0 aliphatic rings. The molecule has 0 radical (unpaired) electrons. The van der Waals surface area contributed by atoms with Crippen LogP contribution in [-0.2, 0) is 28.7 Å². The van der Waals surface area contributed by atoms with Crippen molar-refractivity contribution < 1.29 is 28.7 Å². The molecular weight excluding hydrogens is 488 g/mol. The van der Waals surface area contributed by atoms with Crippen molar-refractivity contribution in [3.63, 3.8) is 0 Å². The van der Waals surface area contributed by atoms with Crippen LogP contribution in [0.25, 0.3) is 0 Å². The Morgan fingerprint density at radius 1 is 0.714 bits per heavy atom. The number of rotatable bonds is 13. The lowest BCUT2D eigenvalue weighted by atomic mass is 9.67. The average Bonchev–Trinajstić information content (AvgIpc) is 2.70. The van der Waals surface area contributed by atoms with Gasteiger partial charge in [-0.05, 0) is 27.2 Å². The Morgan fingerprint density at radius 2 is 1.14 bits per heavy atom. The minimum atomic E-state index is -0.888. The van der Waals surface area contributed by atoms with E-state index in [1.165, 1.54) is 35.8 Å². The number of carbonyl (C=O) groups is 4. The molecule has 0 saturated carbocycles. The zero-order valence-corrected chi connectivity index (χ0v) is 25.2. The molecule has 2 unspecified atom stereocenters. The number of methoxy groups -OCH3 is 2. The summed E-state index contributed by atoms with van der Waals surface area (Å²) < 4.78 is 9.77. The van der Waals surface area contributed by atoms with E-state index in [0.717, 1.165) is 0 Å². The lowest BCUT2D eigenvalue weighted by Gasteiger charge is -2.37. The third-order valence-corrected chi connectivity index (χ3v) is 7.65. The summed E-state index contributed by atoms with van der Waals surface area (Å²) in [6.45, 7) is 18.7. The van der Waals surface area contributed by atoms with Crippen LogP contribution in [0.4, 0.5) is 0 Å². The summed E-state index contributed by atoms with van der Waals surface area (Å²) in [6.07, 6.45) is 0.330. The monoisotopic (exact) mass is 534 g/mol. The molecule has 0 saturated heterocycles. The van der Waals surface area contributed by atoms with E-state index < -0.39 is 34.3 Å². The lowest BCUT2D eigenvalue weighted by molar-refractivity contribution is -0.147. The smallest absolute Gasteiger partial charge is 0.329 e. The van der Waals surface area contributed by atoms with Crippen LogP contribution in [0.3, 0.4) is 0 Å². The highest BCUT2D eigenvalue weighted by Gasteiger charge is 2.43. The second-order valence-electron chi connectivity index (χ2n) is 12.1. The highest BCUT2D eigenvalue weighted by molar-refractivity contribution is 8.76. The average molecular weight is 535 g/mol. The molecule has 1 amide bonds. The SMILES string of the molecule is COC(=O)C(CSSCC(NC(C)(C)C)C(=O)OC)NC(=O)C(C)(C)CC(C)(C)C(=O)C(C)(C)C. The van der Waals surface area contributed by atoms with Gasteiger partial charge in [-0.15, -0.1) is 0 Å². The molecule has 10 heteroatoms. The maximum Gasteiger partial charge on any atom is 0.329 e. The van der Waals surface area contributed by atoms with Crippen molar-refractivity contribution >= 4 is 45.2 Å². The van der Waals surface area contributed by atoms with Crippen molar-refractivity contribution in [2.75, 3.05) is 25.7 Å². The van der Waals surface area contributed by atoms with E-state index in [0.29, 0.717) is 12.2 Å². The summed E-state index contributed by atoms with van der Waals surface area (Å²) in [5, 5.41) is 6.03. The molecule has 2 atom stereocenters. The van der Waals surface area contributed by atoms with Crippen LogP contribution in [0.2, 0.25) is 0 Å². The van der Waals surface area contributed by atoms with Gasteiger partial charge in [-0.1, -0.05) is 70.1 Å². The summed E-state index contributed by atoms with van der Waals surface area (Å²) in [4.78, 5) is 50.5. The molecule has 0 spiro atoms. The zero-order valence-electron chi connectivity index (χ0n) is 23.5. The molecule has 0 aromatic rings. The summed E-state index contributed by atoms with van der Waals surface area (Å²) in [5.74, 6) is -0.482. The molecule has 0 aromatic carbocycles. The van der Waals surface area contributed by atoms with E-state index in [-0.39, 0.29) is 29.0 Å². The van der Waals surface area contributed by atoms with Crippen molar-refractivity contribution in [3.8, 4) is 0 Å². The van der Waals surface area contributed by atoms with Crippen LogP contribution in [0.1, 0.15) is 75.7 Å². The Balaban J connectivity index is 5.22. The Bertz CT molecular complexity index is 754. The second kappa shape index (κ2) is 13.3.